The van der Waals surface area contributed by atoms with Crippen molar-refractivity contribution in [1.82, 2.24) is 0 Å². The summed E-state index contributed by atoms with van der Waals surface area (Å²) >= 11 is 7.24. The fourth-order valence-corrected chi connectivity index (χ4v) is 11.0. The summed E-state index contributed by atoms with van der Waals surface area (Å²) < 4.78 is 17.6. The van der Waals surface area contributed by atoms with Crippen molar-refractivity contribution in [3.63, 3.8) is 0 Å². The van der Waals surface area contributed by atoms with Crippen LogP contribution in [0.2, 0.25) is 0 Å². The van der Waals surface area contributed by atoms with E-state index < -0.39 is 5.79 Å². The fourth-order valence-electron chi connectivity index (χ4n) is 6.96. The Morgan fingerprint density at radius 3 is 1.62 bits per heavy atom. The van der Waals surface area contributed by atoms with E-state index in [0.717, 1.165) is 23.8 Å². The Morgan fingerprint density at radius 2 is 1.09 bits per heavy atom. The Kier molecular flexibility index (Phi) is 10.7. The molecule has 238 valence electrons. The first kappa shape index (κ1) is 32.8. The predicted molar refractivity (Wildman–Crippen MR) is 199 cm³/mol. The van der Waals surface area contributed by atoms with E-state index in [9.17, 15) is 4.79 Å². The molecule has 7 heteroatoms. The van der Waals surface area contributed by atoms with Crippen molar-refractivity contribution in [3.8, 4) is 0 Å². The summed E-state index contributed by atoms with van der Waals surface area (Å²) in [4.78, 5) is 12.2. The Balaban J connectivity index is 0.000000160. The lowest BCUT2D eigenvalue weighted by molar-refractivity contribution is -0.149. The molecule has 1 saturated heterocycles. The summed E-state index contributed by atoms with van der Waals surface area (Å²) in [5.41, 5.74) is 4.96. The summed E-state index contributed by atoms with van der Waals surface area (Å²) in [6, 6.07) is 8.85. The number of hydrogen-bond donors (Lipinski definition) is 0. The molecular weight excluding hydrogens is 633 g/mol. The van der Waals surface area contributed by atoms with E-state index in [1.165, 1.54) is 103 Å². The van der Waals surface area contributed by atoms with Crippen molar-refractivity contribution in [1.29, 1.82) is 0 Å². The van der Waals surface area contributed by atoms with Crippen molar-refractivity contribution in [2.75, 3.05) is 13.2 Å². The van der Waals surface area contributed by atoms with Crippen LogP contribution in [0.3, 0.4) is 0 Å². The molecule has 4 aromatic heterocycles. The van der Waals surface area contributed by atoms with E-state index in [4.69, 9.17) is 9.47 Å². The standard InChI is InChI=1S/C20H24O2S2.C18H20OS2/c1-3-4-5-6-7-14-15-8-12-23-18(15)19-16(9-13-24-19)17(14)20(2)21-10-11-22-20;1-3-4-5-6-7-13-14-8-10-20-17(14)18-15(9-11-21-18)16(13)12(2)19/h8-9,12-13H,3-7,10-11H2,1-2H3;8-11H,3-7H2,1-2H3. The molecule has 1 fully saturated rings. The average molecular weight is 677 g/mol. The van der Waals surface area contributed by atoms with Gasteiger partial charge in [-0.05, 0) is 107 Å². The zero-order valence-electron chi connectivity index (χ0n) is 27.0. The van der Waals surface area contributed by atoms with Crippen LogP contribution >= 0.6 is 45.3 Å². The Labute approximate surface area is 283 Å². The predicted octanol–water partition coefficient (Wildman–Crippen LogP) is 12.9. The minimum absolute atomic E-state index is 0.206. The van der Waals surface area contributed by atoms with Crippen molar-refractivity contribution >= 4 is 91.5 Å². The number of fused-ring (bicyclic) bond motifs is 6. The number of Topliss-reactive ketones (excluding diaryl/α,β-unsaturated/α-hetero) is 1. The first-order valence-electron chi connectivity index (χ1n) is 16.6. The minimum atomic E-state index is -0.602. The molecule has 2 aromatic carbocycles. The van der Waals surface area contributed by atoms with E-state index in [0.29, 0.717) is 13.2 Å². The molecule has 0 atom stereocenters. The quantitative estimate of drug-likeness (QED) is 0.0956. The highest BCUT2D eigenvalue weighted by Gasteiger charge is 2.38. The van der Waals surface area contributed by atoms with Crippen LogP contribution in [0, 0.1) is 0 Å². The molecule has 6 aromatic rings. The van der Waals surface area contributed by atoms with Gasteiger partial charge in [0, 0.05) is 21.9 Å². The molecule has 0 bridgehead atoms. The molecule has 0 aliphatic carbocycles. The first-order chi connectivity index (χ1) is 22.0. The second-order valence-electron chi connectivity index (χ2n) is 12.2. The lowest BCUT2D eigenvalue weighted by Crippen LogP contribution is -2.24. The number of rotatable bonds is 12. The number of thiophene rings is 4. The molecule has 0 saturated carbocycles. The lowest BCUT2D eigenvalue weighted by atomic mass is 9.90. The average Bonchev–Trinajstić information content (AvgIpc) is 3.86. The van der Waals surface area contributed by atoms with Crippen LogP contribution in [0.4, 0.5) is 0 Å². The van der Waals surface area contributed by atoms with Crippen LogP contribution in [-0.4, -0.2) is 19.0 Å². The number of aryl methyl sites for hydroxylation is 2. The van der Waals surface area contributed by atoms with Crippen LogP contribution in [-0.2, 0) is 28.1 Å². The van der Waals surface area contributed by atoms with Crippen LogP contribution in [0.15, 0.2) is 45.8 Å². The van der Waals surface area contributed by atoms with Gasteiger partial charge in [-0.15, -0.1) is 45.3 Å². The summed E-state index contributed by atoms with van der Waals surface area (Å²) in [5.74, 6) is -0.396. The molecule has 0 amide bonds. The molecule has 0 unspecified atom stereocenters. The molecule has 7 rings (SSSR count). The SMILES string of the molecule is CCCCCCc1c(C(C)=O)c2ccsc2c2sccc12.CCCCCCc1c(C2(C)OCCO2)c2ccsc2c2sccc12. The fraction of sp³-hybridized carbons (Fsp3) is 0.447. The third kappa shape index (κ3) is 6.54. The van der Waals surface area contributed by atoms with Crippen LogP contribution in [0.25, 0.3) is 40.3 Å². The van der Waals surface area contributed by atoms with Crippen molar-refractivity contribution in [2.24, 2.45) is 0 Å². The zero-order valence-corrected chi connectivity index (χ0v) is 30.2. The summed E-state index contributed by atoms with van der Waals surface area (Å²) in [6.45, 7) is 9.66. The maximum Gasteiger partial charge on any atom is 0.193 e. The van der Waals surface area contributed by atoms with Crippen molar-refractivity contribution < 1.29 is 14.3 Å². The van der Waals surface area contributed by atoms with Gasteiger partial charge in [-0.25, -0.2) is 0 Å². The van der Waals surface area contributed by atoms with Crippen molar-refractivity contribution in [3.05, 3.63) is 68.0 Å². The molecule has 5 heterocycles. The summed E-state index contributed by atoms with van der Waals surface area (Å²) in [6.07, 6.45) is 12.2. The zero-order chi connectivity index (χ0) is 31.4. The highest BCUT2D eigenvalue weighted by molar-refractivity contribution is 7.26. The maximum absolute atomic E-state index is 12.2. The Bertz CT molecular complexity index is 1900. The third-order valence-corrected chi connectivity index (χ3v) is 13.1. The Hall–Kier alpha value is -2.13. The van der Waals surface area contributed by atoms with E-state index in [2.05, 4.69) is 66.6 Å². The van der Waals surface area contributed by atoms with E-state index in [1.54, 1.807) is 29.6 Å². The van der Waals surface area contributed by atoms with Gasteiger partial charge in [0.05, 0.1) is 32.0 Å². The molecule has 1 aliphatic rings. The first-order valence-corrected chi connectivity index (χ1v) is 20.1. The minimum Gasteiger partial charge on any atom is -0.344 e. The van der Waals surface area contributed by atoms with Crippen LogP contribution < -0.4 is 0 Å². The monoisotopic (exact) mass is 676 g/mol. The van der Waals surface area contributed by atoms with Gasteiger partial charge in [-0.1, -0.05) is 52.4 Å². The maximum atomic E-state index is 12.2. The second-order valence-corrected chi connectivity index (χ2v) is 15.8. The highest BCUT2D eigenvalue weighted by Crippen LogP contribution is 2.46. The number of ether oxygens (including phenoxy) is 2. The molecule has 1 aliphatic heterocycles. The van der Waals surface area contributed by atoms with Gasteiger partial charge in [0.1, 0.15) is 0 Å². The number of ketones is 1. The smallest absolute Gasteiger partial charge is 0.193 e. The van der Waals surface area contributed by atoms with Gasteiger partial charge in [0.15, 0.2) is 11.6 Å². The molecular formula is C38H44O3S4. The van der Waals surface area contributed by atoms with Gasteiger partial charge in [-0.2, -0.15) is 0 Å². The largest absolute Gasteiger partial charge is 0.344 e. The van der Waals surface area contributed by atoms with Gasteiger partial charge in [0.2, 0.25) is 0 Å². The number of benzene rings is 2. The van der Waals surface area contributed by atoms with Gasteiger partial charge in [-0.3, -0.25) is 4.79 Å². The van der Waals surface area contributed by atoms with E-state index >= 15 is 0 Å². The number of hydrogen-bond acceptors (Lipinski definition) is 7. The molecule has 45 heavy (non-hydrogen) atoms. The van der Waals surface area contributed by atoms with Gasteiger partial charge < -0.3 is 9.47 Å². The van der Waals surface area contributed by atoms with Crippen LogP contribution in [0.1, 0.15) is 106 Å². The second kappa shape index (κ2) is 14.7. The van der Waals surface area contributed by atoms with E-state index in [1.807, 2.05) is 22.7 Å². The molecule has 3 nitrogen and oxygen atoms in total. The van der Waals surface area contributed by atoms with Crippen LogP contribution in [0.5, 0.6) is 0 Å². The van der Waals surface area contributed by atoms with Gasteiger partial charge >= 0.3 is 0 Å². The number of carbonyl (C=O) groups is 1. The summed E-state index contributed by atoms with van der Waals surface area (Å²) in [7, 11) is 0. The normalized spacial score (nSPS) is 14.6. The highest BCUT2D eigenvalue weighted by atomic mass is 32.1. The third-order valence-electron chi connectivity index (χ3n) is 9.07. The van der Waals surface area contributed by atoms with Gasteiger partial charge in [0.25, 0.3) is 0 Å². The molecule has 0 spiro atoms. The number of carbonyl (C=O) groups excluding carboxylic acids is 1. The lowest BCUT2D eigenvalue weighted by Gasteiger charge is -2.27. The molecule has 0 radical (unpaired) electrons. The summed E-state index contributed by atoms with van der Waals surface area (Å²) in [5, 5.41) is 13.9. The van der Waals surface area contributed by atoms with E-state index in [-0.39, 0.29) is 5.78 Å². The van der Waals surface area contributed by atoms with Crippen molar-refractivity contribution in [2.45, 2.75) is 97.7 Å². The number of unbranched alkanes of at least 4 members (excludes halogenated alkanes) is 6. The topological polar surface area (TPSA) is 35.5 Å². The Morgan fingerprint density at radius 1 is 0.644 bits per heavy atom. The molecule has 0 N–H and O–H groups in total.